The molecule has 0 saturated carbocycles. The molecule has 0 aliphatic carbocycles. The Labute approximate surface area is 318 Å². The van der Waals surface area contributed by atoms with Gasteiger partial charge >= 0.3 is 5.69 Å². The van der Waals surface area contributed by atoms with Crippen LogP contribution in [0.3, 0.4) is 0 Å². The number of allylic oxidation sites excluding steroid dienone is 2. The number of anilines is 1. The van der Waals surface area contributed by atoms with Crippen LogP contribution in [0.5, 0.6) is 5.75 Å². The summed E-state index contributed by atoms with van der Waals surface area (Å²) in [5, 5.41) is 21.4. The number of aromatic hydroxyl groups is 1. The number of nitrogens with zero attached hydrogens (tertiary/aromatic N) is 8. The Morgan fingerprint density at radius 3 is 2.19 bits per heavy atom. The largest absolute Gasteiger partial charge is 0.505 e. The first-order valence-electron chi connectivity index (χ1n) is 14.8. The summed E-state index contributed by atoms with van der Waals surface area (Å²) in [6, 6.07) is 16.1. The first-order chi connectivity index (χ1) is 25.0. The maximum absolute atomic E-state index is 12.8. The van der Waals surface area contributed by atoms with E-state index < -0.39 is 15.5 Å². The fourth-order valence-corrected chi connectivity index (χ4v) is 6.46. The molecule has 18 heteroatoms. The van der Waals surface area contributed by atoms with Gasteiger partial charge < -0.3 is 15.3 Å². The van der Waals surface area contributed by atoms with Crippen LogP contribution < -0.4 is 11.0 Å². The second kappa shape index (κ2) is 16.5. The Morgan fingerprint density at radius 2 is 1.64 bits per heavy atom. The maximum Gasteiger partial charge on any atom is 0.356 e. The van der Waals surface area contributed by atoms with Crippen LogP contribution in [-0.4, -0.2) is 51.9 Å². The number of fused-ring (bicyclic) bond motifs is 1. The maximum atomic E-state index is 12.8. The molecule has 1 aliphatic rings. The van der Waals surface area contributed by atoms with E-state index in [4.69, 9.17) is 53.2 Å². The Kier molecular flexibility index (Phi) is 12.3. The van der Waals surface area contributed by atoms with Crippen molar-refractivity contribution in [2.45, 2.75) is 20.8 Å². The Morgan fingerprint density at radius 1 is 1.02 bits per heavy atom. The van der Waals surface area contributed by atoms with Crippen molar-refractivity contribution in [1.29, 1.82) is 5.26 Å². The van der Waals surface area contributed by atoms with E-state index in [-0.39, 0.29) is 66.9 Å². The summed E-state index contributed by atoms with van der Waals surface area (Å²) in [6.07, 6.45) is 2.13. The summed E-state index contributed by atoms with van der Waals surface area (Å²) in [5.74, 6) is -0.641. The first kappa shape index (κ1) is 39.6. The highest BCUT2D eigenvalue weighted by molar-refractivity contribution is 8.00. The molecule has 1 amide bonds. The van der Waals surface area contributed by atoms with Gasteiger partial charge in [-0.1, -0.05) is 71.7 Å². The number of rotatable bonds is 6. The lowest BCUT2D eigenvalue weighted by Crippen LogP contribution is -2.30. The third-order valence-corrected chi connectivity index (χ3v) is 9.06. The van der Waals surface area contributed by atoms with Crippen LogP contribution >= 0.6 is 34.8 Å². The predicted octanol–water partition coefficient (Wildman–Crippen LogP) is 7.35. The van der Waals surface area contributed by atoms with Crippen molar-refractivity contribution in [3.8, 4) is 11.8 Å². The second-order valence-corrected chi connectivity index (χ2v) is 14.0. The van der Waals surface area contributed by atoms with Crippen molar-refractivity contribution in [3.05, 3.63) is 138 Å². The molecule has 0 unspecified atom stereocenters. The van der Waals surface area contributed by atoms with E-state index in [1.165, 1.54) is 32.0 Å². The number of carbonyl (C=O) groups excluding carboxylic acids is 1. The fraction of sp³-hybridized carbons (Fsp3) is 0.114. The lowest BCUT2D eigenvalue weighted by atomic mass is 10.1. The number of halogens is 3. The molecule has 0 saturated heterocycles. The van der Waals surface area contributed by atoms with Crippen molar-refractivity contribution >= 4 is 89.8 Å². The number of carbonyl (C=O) groups is 1. The minimum atomic E-state index is -3.84. The van der Waals surface area contributed by atoms with Gasteiger partial charge in [0.25, 0.3) is 11.5 Å². The second-order valence-electron chi connectivity index (χ2n) is 10.9. The van der Waals surface area contributed by atoms with E-state index in [9.17, 15) is 23.1 Å². The highest BCUT2D eigenvalue weighted by atomic mass is 35.5. The molecule has 5 rings (SSSR count). The van der Waals surface area contributed by atoms with Crippen LogP contribution in [0.15, 0.2) is 81.1 Å². The highest BCUT2D eigenvalue weighted by Crippen LogP contribution is 2.40. The topological polar surface area (TPSA) is 188 Å². The molecule has 3 aromatic carbocycles. The summed E-state index contributed by atoms with van der Waals surface area (Å²) in [7, 11) is -3.84. The molecule has 0 bridgehead atoms. The summed E-state index contributed by atoms with van der Waals surface area (Å²) in [5.41, 5.74) is 1.43. The Balaban J connectivity index is 0.000000253. The average Bonchev–Trinajstić information content (AvgIpc) is 3.42. The molecule has 0 spiro atoms. The van der Waals surface area contributed by atoms with Gasteiger partial charge in [-0.15, -0.1) is 4.99 Å². The van der Waals surface area contributed by atoms with E-state index in [1.807, 2.05) is 0 Å². The van der Waals surface area contributed by atoms with Crippen LogP contribution in [0, 0.1) is 38.3 Å². The molecule has 0 atom stereocenters. The standard InChI is InChI=1S/C20H14Cl2N4O4S.C15H10ClN5O/c1-10-23-19-17(31(2,29)30)15(11-6-4-3-5-7-11)18(26(19)20(28)24-10)25-12-8-13(21)16(27)14(22)9-12;1-9-13(16)5-11(6-14(9)20-10(2)22)21-15(19-4)7-12(8-17)18-3/h3-9,27H,1-2H3;5-7H,1-2H3,(H,20,22)/b;12-7-,21-15?. The quantitative estimate of drug-likeness (QED) is 0.0878. The lowest BCUT2D eigenvalue weighted by molar-refractivity contribution is -0.114. The molecule has 2 N–H and O–H groups in total. The van der Waals surface area contributed by atoms with Gasteiger partial charge in [-0.3, -0.25) is 4.79 Å². The number of sulfone groups is 1. The number of aromatic nitrogens is 3. The van der Waals surface area contributed by atoms with E-state index in [0.29, 0.717) is 27.5 Å². The fourth-order valence-electron chi connectivity index (χ4n) is 4.72. The third-order valence-electron chi connectivity index (χ3n) is 6.96. The predicted molar refractivity (Wildman–Crippen MR) is 204 cm³/mol. The molecule has 53 heavy (non-hydrogen) atoms. The Hall–Kier alpha value is -6.15. The van der Waals surface area contributed by atoms with Gasteiger partial charge in [0.1, 0.15) is 10.7 Å². The number of phenolic OH excluding ortho intramolecular Hbond substituents is 1. The number of hydrogen-bond donors (Lipinski definition) is 2. The number of benzene rings is 3. The molecule has 0 radical (unpaired) electrons. The van der Waals surface area contributed by atoms with Crippen molar-refractivity contribution in [1.82, 2.24) is 14.5 Å². The van der Waals surface area contributed by atoms with Crippen LogP contribution in [0.25, 0.3) is 20.2 Å². The number of nitriles is 1. The van der Waals surface area contributed by atoms with Gasteiger partial charge in [0.05, 0.1) is 28.4 Å². The molecule has 1 aliphatic heterocycles. The van der Waals surface area contributed by atoms with Gasteiger partial charge in [-0.2, -0.15) is 4.98 Å². The van der Waals surface area contributed by atoms with Crippen molar-refractivity contribution in [2.24, 2.45) is 9.98 Å². The molecular formula is C35H24Cl3N9O5S. The minimum absolute atomic E-state index is 0.00412. The van der Waals surface area contributed by atoms with Gasteiger partial charge in [-0.05, 0) is 43.2 Å². The first-order valence-corrected chi connectivity index (χ1v) is 17.8. The number of phenols is 1. The number of hydrogen-bond acceptors (Lipinski definition) is 10. The number of nitrogens with one attached hydrogen (secondary N) is 1. The lowest BCUT2D eigenvalue weighted by Gasteiger charge is -2.09. The summed E-state index contributed by atoms with van der Waals surface area (Å²) < 4.78 is 26.6. The third kappa shape index (κ3) is 9.21. The summed E-state index contributed by atoms with van der Waals surface area (Å²) in [4.78, 5) is 46.5. The molecule has 0 fully saturated rings. The van der Waals surface area contributed by atoms with Crippen LogP contribution in [0.2, 0.25) is 15.1 Å². The van der Waals surface area contributed by atoms with Gasteiger partial charge in [0.2, 0.25) is 5.91 Å². The average molecular weight is 789 g/mol. The normalized spacial score (nSPS) is 13.3. The van der Waals surface area contributed by atoms with Gasteiger partial charge in [0, 0.05) is 41.6 Å². The van der Waals surface area contributed by atoms with Crippen molar-refractivity contribution in [2.75, 3.05) is 11.6 Å². The van der Waals surface area contributed by atoms with E-state index >= 15 is 0 Å². The van der Waals surface area contributed by atoms with Crippen LogP contribution in [-0.2, 0) is 14.6 Å². The highest BCUT2D eigenvalue weighted by Gasteiger charge is 2.37. The van der Waals surface area contributed by atoms with Crippen LogP contribution in [0.1, 0.15) is 29.7 Å². The zero-order valence-electron chi connectivity index (χ0n) is 28.0. The summed E-state index contributed by atoms with van der Waals surface area (Å²) >= 11 is 18.1. The Bertz CT molecular complexity index is 2580. The molecule has 2 heterocycles. The molecule has 14 nitrogen and oxygen atoms in total. The SMILES string of the molecule is Cc1nc2n(c(=O)n1)C(=Nc1cc(Cl)c(O)c(Cl)c1)C(c1ccccc1)=C2S(C)(=O)=O.[C-]#[N+]C(/C=C(/C#N)[N+]#[C-])=Nc1cc(Cl)c(C)c(NC(C)=O)c1. The summed E-state index contributed by atoms with van der Waals surface area (Å²) in [6.45, 7) is 18.4. The van der Waals surface area contributed by atoms with Gasteiger partial charge in [0.15, 0.2) is 32.9 Å². The monoisotopic (exact) mass is 787 g/mol. The van der Waals surface area contributed by atoms with E-state index in [2.05, 4.69) is 35.0 Å². The zero-order chi connectivity index (χ0) is 39.2. The zero-order valence-corrected chi connectivity index (χ0v) is 31.1. The molecule has 266 valence electrons. The van der Waals surface area contributed by atoms with E-state index in [0.717, 1.165) is 16.9 Å². The van der Waals surface area contributed by atoms with Crippen molar-refractivity contribution in [3.63, 3.8) is 0 Å². The van der Waals surface area contributed by atoms with Gasteiger partial charge in [-0.25, -0.2) is 37.9 Å². The van der Waals surface area contributed by atoms with E-state index in [1.54, 1.807) is 49.4 Å². The smallest absolute Gasteiger partial charge is 0.356 e. The van der Waals surface area contributed by atoms with Crippen molar-refractivity contribution < 1.29 is 18.3 Å². The molecular weight excluding hydrogens is 765 g/mol. The number of aliphatic imine (C=N–C) groups is 2. The number of aryl methyl sites for hydroxylation is 1. The number of amidine groups is 1. The minimum Gasteiger partial charge on any atom is -0.505 e. The number of amides is 1. The molecule has 4 aromatic rings. The molecule has 1 aromatic heterocycles. The van der Waals surface area contributed by atoms with Crippen LogP contribution in [0.4, 0.5) is 17.1 Å².